The van der Waals surface area contributed by atoms with Gasteiger partial charge in [-0.1, -0.05) is 0 Å². The molecule has 0 aromatic heterocycles. The second kappa shape index (κ2) is 2.71. The minimum atomic E-state index is -3.32. The number of phenols is 1. The summed E-state index contributed by atoms with van der Waals surface area (Å²) in [5.74, 6) is 0.107. The van der Waals surface area contributed by atoms with E-state index in [0.29, 0.717) is 18.5 Å². The van der Waals surface area contributed by atoms with Crippen molar-refractivity contribution in [1.82, 2.24) is 4.72 Å². The summed E-state index contributed by atoms with van der Waals surface area (Å²) in [5, 5.41) is 9.14. The van der Waals surface area contributed by atoms with Crippen molar-refractivity contribution in [2.75, 3.05) is 6.54 Å². The third-order valence-electron chi connectivity index (χ3n) is 2.02. The number of nitrogens with one attached hydrogen (secondary N) is 1. The maximum atomic E-state index is 11.4. The molecule has 0 fully saturated rings. The van der Waals surface area contributed by atoms with Gasteiger partial charge >= 0.3 is 0 Å². The summed E-state index contributed by atoms with van der Waals surface area (Å²) in [6.07, 6.45) is 0.628. The van der Waals surface area contributed by atoms with E-state index in [0.717, 1.165) is 0 Å². The second-order valence-corrected chi connectivity index (χ2v) is 4.68. The predicted octanol–water partition coefficient (Wildman–Crippen LogP) is 0.227. The molecule has 0 saturated carbocycles. The molecule has 1 aliphatic heterocycles. The first-order valence-corrected chi connectivity index (χ1v) is 5.39. The van der Waals surface area contributed by atoms with Gasteiger partial charge in [0.2, 0.25) is 10.0 Å². The number of fused-ring (bicyclic) bond motifs is 1. The zero-order valence-corrected chi connectivity index (χ0v) is 7.63. The fourth-order valence-electron chi connectivity index (χ4n) is 1.42. The number of hydrogen-bond donors (Lipinski definition) is 2. The Morgan fingerprint density at radius 1 is 1.38 bits per heavy atom. The summed E-state index contributed by atoms with van der Waals surface area (Å²) in [6.45, 7) is 0.402. The van der Waals surface area contributed by atoms with E-state index in [1.807, 2.05) is 0 Å². The molecule has 0 bridgehead atoms. The van der Waals surface area contributed by atoms with Crippen LogP contribution in [0.4, 0.5) is 0 Å². The molecule has 1 heterocycles. The fraction of sp³-hybridized carbons (Fsp3) is 0.250. The molecule has 0 aliphatic carbocycles. The third kappa shape index (κ3) is 1.40. The summed E-state index contributed by atoms with van der Waals surface area (Å²) in [6, 6.07) is 4.29. The molecule has 1 aliphatic rings. The number of hydrogen-bond acceptors (Lipinski definition) is 3. The van der Waals surface area contributed by atoms with Crippen molar-refractivity contribution < 1.29 is 13.5 Å². The molecule has 1 aromatic carbocycles. The summed E-state index contributed by atoms with van der Waals surface area (Å²) < 4.78 is 25.2. The van der Waals surface area contributed by atoms with Gasteiger partial charge in [-0.25, -0.2) is 13.1 Å². The molecule has 4 nitrogen and oxygen atoms in total. The highest BCUT2D eigenvalue weighted by molar-refractivity contribution is 7.89. The van der Waals surface area contributed by atoms with Gasteiger partial charge < -0.3 is 5.11 Å². The van der Waals surface area contributed by atoms with Gasteiger partial charge in [-0.15, -0.1) is 0 Å². The van der Waals surface area contributed by atoms with E-state index >= 15 is 0 Å². The first-order chi connectivity index (χ1) is 6.09. The number of phenolic OH excluding ortho intramolecular Hbond substituents is 1. The molecule has 2 rings (SSSR count). The molecule has 0 amide bonds. The lowest BCUT2D eigenvalue weighted by Gasteiger charge is -2.16. The van der Waals surface area contributed by atoms with Crippen LogP contribution in [0.5, 0.6) is 5.75 Å². The van der Waals surface area contributed by atoms with Gasteiger partial charge in [0, 0.05) is 6.54 Å². The Labute approximate surface area is 76.3 Å². The van der Waals surface area contributed by atoms with Crippen LogP contribution in [0.25, 0.3) is 0 Å². The maximum Gasteiger partial charge on any atom is 0.240 e. The van der Waals surface area contributed by atoms with Gasteiger partial charge in [0.15, 0.2) is 0 Å². The number of rotatable bonds is 0. The maximum absolute atomic E-state index is 11.4. The van der Waals surface area contributed by atoms with Crippen molar-refractivity contribution in [3.05, 3.63) is 23.8 Å². The SMILES string of the molecule is O=S1(=O)NCCc2cc(O)ccc21. The number of aromatic hydroxyl groups is 1. The van der Waals surface area contributed by atoms with Crippen LogP contribution in [0, 0.1) is 0 Å². The predicted molar refractivity (Wildman–Crippen MR) is 47.0 cm³/mol. The van der Waals surface area contributed by atoms with Crippen LogP contribution in [-0.2, 0) is 16.4 Å². The Morgan fingerprint density at radius 2 is 2.15 bits per heavy atom. The van der Waals surface area contributed by atoms with Gasteiger partial charge in [0.25, 0.3) is 0 Å². The van der Waals surface area contributed by atoms with Crippen molar-refractivity contribution in [2.45, 2.75) is 11.3 Å². The van der Waals surface area contributed by atoms with E-state index in [1.165, 1.54) is 18.2 Å². The highest BCUT2D eigenvalue weighted by Gasteiger charge is 2.22. The molecule has 1 aromatic rings. The quantitative estimate of drug-likeness (QED) is 0.628. The average molecular weight is 199 g/mol. The normalized spacial score (nSPS) is 19.4. The second-order valence-electron chi connectivity index (χ2n) is 2.94. The van der Waals surface area contributed by atoms with Gasteiger partial charge in [-0.3, -0.25) is 0 Å². The molecule has 0 spiro atoms. The van der Waals surface area contributed by atoms with Crippen molar-refractivity contribution in [3.63, 3.8) is 0 Å². The van der Waals surface area contributed by atoms with E-state index in [2.05, 4.69) is 4.72 Å². The van der Waals surface area contributed by atoms with E-state index in [1.54, 1.807) is 0 Å². The largest absolute Gasteiger partial charge is 0.508 e. The topological polar surface area (TPSA) is 66.4 Å². The van der Waals surface area contributed by atoms with Crippen LogP contribution < -0.4 is 4.72 Å². The zero-order chi connectivity index (χ0) is 9.47. The van der Waals surface area contributed by atoms with Gasteiger partial charge in [-0.2, -0.15) is 0 Å². The third-order valence-corrected chi connectivity index (χ3v) is 3.58. The summed E-state index contributed by atoms with van der Waals surface area (Å²) in [7, 11) is -3.32. The number of sulfonamides is 1. The Balaban J connectivity index is 2.66. The Morgan fingerprint density at radius 3 is 2.92 bits per heavy atom. The van der Waals surface area contributed by atoms with Gasteiger partial charge in [0.05, 0.1) is 4.90 Å². The summed E-state index contributed by atoms with van der Waals surface area (Å²) >= 11 is 0. The lowest BCUT2D eigenvalue weighted by Crippen LogP contribution is -2.31. The van der Waals surface area contributed by atoms with Crippen LogP contribution >= 0.6 is 0 Å². The van der Waals surface area contributed by atoms with E-state index < -0.39 is 10.0 Å². The van der Waals surface area contributed by atoms with Crippen LogP contribution in [0.15, 0.2) is 23.1 Å². The average Bonchev–Trinajstić information content (AvgIpc) is 2.02. The smallest absolute Gasteiger partial charge is 0.240 e. The molecular weight excluding hydrogens is 190 g/mol. The minimum Gasteiger partial charge on any atom is -0.508 e. The Bertz CT molecular complexity index is 439. The standard InChI is InChI=1S/C8H9NO3S/c10-7-1-2-8-6(5-7)3-4-9-13(8,11)12/h1-2,5,9-10H,3-4H2. The van der Waals surface area contributed by atoms with Crippen LogP contribution in [0.3, 0.4) is 0 Å². The van der Waals surface area contributed by atoms with Crippen molar-refractivity contribution in [3.8, 4) is 5.75 Å². The lowest BCUT2D eigenvalue weighted by atomic mass is 10.1. The van der Waals surface area contributed by atoms with Gasteiger partial charge in [0.1, 0.15) is 5.75 Å². The van der Waals surface area contributed by atoms with Crippen molar-refractivity contribution in [1.29, 1.82) is 0 Å². The van der Waals surface area contributed by atoms with Crippen molar-refractivity contribution in [2.24, 2.45) is 0 Å². The molecule has 0 atom stereocenters. The lowest BCUT2D eigenvalue weighted by molar-refractivity contribution is 0.473. The van der Waals surface area contributed by atoms with Crippen LogP contribution in [0.2, 0.25) is 0 Å². The van der Waals surface area contributed by atoms with Gasteiger partial charge in [-0.05, 0) is 30.2 Å². The van der Waals surface area contributed by atoms with Crippen molar-refractivity contribution >= 4 is 10.0 Å². The molecule has 2 N–H and O–H groups in total. The molecule has 13 heavy (non-hydrogen) atoms. The van der Waals surface area contributed by atoms with Crippen LogP contribution in [-0.4, -0.2) is 20.1 Å². The van der Waals surface area contributed by atoms with E-state index in [9.17, 15) is 8.42 Å². The van der Waals surface area contributed by atoms with E-state index in [-0.39, 0.29) is 10.6 Å². The fourth-order valence-corrected chi connectivity index (χ4v) is 2.70. The molecule has 0 unspecified atom stereocenters. The molecule has 5 heteroatoms. The highest BCUT2D eigenvalue weighted by atomic mass is 32.2. The number of benzene rings is 1. The Kier molecular flexibility index (Phi) is 1.78. The van der Waals surface area contributed by atoms with Crippen LogP contribution in [0.1, 0.15) is 5.56 Å². The molecule has 70 valence electrons. The minimum absolute atomic E-state index is 0.107. The molecular formula is C8H9NO3S. The zero-order valence-electron chi connectivity index (χ0n) is 6.82. The first-order valence-electron chi connectivity index (χ1n) is 3.91. The van der Waals surface area contributed by atoms with E-state index in [4.69, 9.17) is 5.11 Å². The summed E-state index contributed by atoms with van der Waals surface area (Å²) in [5.41, 5.74) is 0.679. The Hall–Kier alpha value is -1.07. The monoisotopic (exact) mass is 199 g/mol. The molecule has 0 saturated heterocycles. The summed E-state index contributed by atoms with van der Waals surface area (Å²) in [4.78, 5) is 0.275. The highest BCUT2D eigenvalue weighted by Crippen LogP contribution is 2.23. The first kappa shape index (κ1) is 8.52. The molecule has 0 radical (unpaired) electrons.